The van der Waals surface area contributed by atoms with Crippen molar-refractivity contribution in [3.63, 3.8) is 0 Å². The molecule has 0 fully saturated rings. The molecule has 3 nitrogen and oxygen atoms in total. The zero-order valence-electron chi connectivity index (χ0n) is 11.2. The predicted molar refractivity (Wildman–Crippen MR) is 80.8 cm³/mol. The number of nitrogens with one attached hydrogen (secondary N) is 1. The van der Waals surface area contributed by atoms with Crippen molar-refractivity contribution in [3.05, 3.63) is 52.3 Å². The Kier molecular flexibility index (Phi) is 4.49. The monoisotopic (exact) mass is 339 g/mol. The third-order valence-corrected chi connectivity index (χ3v) is 3.69. The molecule has 0 amide bonds. The van der Waals surface area contributed by atoms with Gasteiger partial charge in [-0.2, -0.15) is 0 Å². The molecule has 0 spiro atoms. The average molecular weight is 340 g/mol. The predicted octanol–water partition coefficient (Wildman–Crippen LogP) is 4.48. The molecule has 2 rings (SSSR count). The van der Waals surface area contributed by atoms with Gasteiger partial charge in [-0.1, -0.05) is 0 Å². The van der Waals surface area contributed by atoms with Crippen molar-refractivity contribution < 1.29 is 14.2 Å². The van der Waals surface area contributed by atoms with Gasteiger partial charge in [0.25, 0.3) is 0 Å². The van der Waals surface area contributed by atoms with E-state index in [4.69, 9.17) is 4.74 Å². The maximum absolute atomic E-state index is 13.3. The van der Waals surface area contributed by atoms with E-state index in [9.17, 15) is 9.50 Å². The molecule has 1 atom stereocenters. The van der Waals surface area contributed by atoms with Crippen LogP contribution in [0.3, 0.4) is 0 Å². The first kappa shape index (κ1) is 14.7. The maximum Gasteiger partial charge on any atom is 0.125 e. The summed E-state index contributed by atoms with van der Waals surface area (Å²) < 4.78 is 19.2. The highest BCUT2D eigenvalue weighted by atomic mass is 79.9. The lowest BCUT2D eigenvalue weighted by Crippen LogP contribution is -2.08. The van der Waals surface area contributed by atoms with E-state index in [0.29, 0.717) is 17.0 Å². The van der Waals surface area contributed by atoms with Gasteiger partial charge in [-0.15, -0.1) is 0 Å². The molecule has 0 saturated carbocycles. The molecule has 20 heavy (non-hydrogen) atoms. The van der Waals surface area contributed by atoms with E-state index in [1.807, 2.05) is 6.92 Å². The molecule has 106 valence electrons. The summed E-state index contributed by atoms with van der Waals surface area (Å²) in [5.41, 5.74) is 1.31. The molecular weight excluding hydrogens is 325 g/mol. The second-order valence-corrected chi connectivity index (χ2v) is 5.27. The molecule has 5 heteroatoms. The summed E-state index contributed by atoms with van der Waals surface area (Å²) in [5.74, 6) is 0.501. The summed E-state index contributed by atoms with van der Waals surface area (Å²) >= 11 is 3.36. The molecule has 0 aliphatic rings. The molecule has 0 heterocycles. The van der Waals surface area contributed by atoms with E-state index in [-0.39, 0.29) is 17.6 Å². The Morgan fingerprint density at radius 1 is 1.25 bits per heavy atom. The van der Waals surface area contributed by atoms with Crippen LogP contribution in [0.1, 0.15) is 18.5 Å². The van der Waals surface area contributed by atoms with Crippen LogP contribution in [0, 0.1) is 5.82 Å². The second-order valence-electron chi connectivity index (χ2n) is 4.41. The van der Waals surface area contributed by atoms with Crippen molar-refractivity contribution >= 4 is 21.6 Å². The van der Waals surface area contributed by atoms with Crippen molar-refractivity contribution in [2.24, 2.45) is 0 Å². The van der Waals surface area contributed by atoms with Gasteiger partial charge in [0.1, 0.15) is 17.3 Å². The molecule has 0 saturated heterocycles. The van der Waals surface area contributed by atoms with E-state index in [0.717, 1.165) is 4.47 Å². The first-order valence-electron chi connectivity index (χ1n) is 6.09. The smallest absolute Gasteiger partial charge is 0.125 e. The third-order valence-electron chi connectivity index (χ3n) is 3.00. The fraction of sp³-hybridized carbons (Fsp3) is 0.200. The number of phenols is 1. The number of halogens is 2. The zero-order chi connectivity index (χ0) is 14.7. The lowest BCUT2D eigenvalue weighted by Gasteiger charge is -2.18. The van der Waals surface area contributed by atoms with Gasteiger partial charge >= 0.3 is 0 Å². The van der Waals surface area contributed by atoms with Gasteiger partial charge < -0.3 is 15.2 Å². The van der Waals surface area contributed by atoms with E-state index >= 15 is 0 Å². The first-order chi connectivity index (χ1) is 9.51. The normalized spacial score (nSPS) is 12.0. The van der Waals surface area contributed by atoms with Gasteiger partial charge in [0.05, 0.1) is 18.8 Å². The van der Waals surface area contributed by atoms with Crippen molar-refractivity contribution in [2.75, 3.05) is 12.4 Å². The van der Waals surface area contributed by atoms with Crippen LogP contribution >= 0.6 is 15.9 Å². The number of ether oxygens (including phenoxy) is 1. The fourth-order valence-electron chi connectivity index (χ4n) is 1.93. The molecule has 0 aliphatic carbocycles. The Hall–Kier alpha value is -1.75. The van der Waals surface area contributed by atoms with Crippen molar-refractivity contribution in [2.45, 2.75) is 13.0 Å². The van der Waals surface area contributed by atoms with Crippen LogP contribution in [-0.4, -0.2) is 12.2 Å². The van der Waals surface area contributed by atoms with Gasteiger partial charge in [0.15, 0.2) is 0 Å². The Morgan fingerprint density at radius 3 is 2.70 bits per heavy atom. The minimum atomic E-state index is -0.322. The summed E-state index contributed by atoms with van der Waals surface area (Å²) in [6.07, 6.45) is 0. The Balaban J connectivity index is 2.27. The highest BCUT2D eigenvalue weighted by molar-refractivity contribution is 9.10. The largest absolute Gasteiger partial charge is 0.508 e. The molecule has 0 radical (unpaired) electrons. The molecule has 2 N–H and O–H groups in total. The van der Waals surface area contributed by atoms with Gasteiger partial charge in [-0.05, 0) is 59.3 Å². The number of hydrogen-bond acceptors (Lipinski definition) is 3. The molecule has 1 unspecified atom stereocenters. The van der Waals surface area contributed by atoms with E-state index in [1.165, 1.54) is 12.1 Å². The van der Waals surface area contributed by atoms with Crippen molar-refractivity contribution in [3.8, 4) is 11.5 Å². The quantitative estimate of drug-likeness (QED) is 0.863. The van der Waals surface area contributed by atoms with Crippen LogP contribution in [0.25, 0.3) is 0 Å². The van der Waals surface area contributed by atoms with Crippen LogP contribution in [0.4, 0.5) is 10.1 Å². The van der Waals surface area contributed by atoms with Crippen LogP contribution in [0.5, 0.6) is 11.5 Å². The number of anilines is 1. The summed E-state index contributed by atoms with van der Waals surface area (Å²) in [7, 11) is 1.57. The highest BCUT2D eigenvalue weighted by Gasteiger charge is 2.13. The summed E-state index contributed by atoms with van der Waals surface area (Å²) in [4.78, 5) is 0. The Bertz CT molecular complexity index is 619. The van der Waals surface area contributed by atoms with Gasteiger partial charge in [0.2, 0.25) is 0 Å². The molecular formula is C15H15BrFNO2. The zero-order valence-corrected chi connectivity index (χ0v) is 12.7. The van der Waals surface area contributed by atoms with Crippen LogP contribution in [-0.2, 0) is 0 Å². The van der Waals surface area contributed by atoms with E-state index < -0.39 is 0 Å². The number of hydrogen-bond donors (Lipinski definition) is 2. The molecule has 0 aromatic heterocycles. The maximum atomic E-state index is 13.3. The SMILES string of the molecule is COc1ccc(O)c(C(C)Nc2cc(F)ccc2Br)c1. The number of phenolic OH excluding ortho intramolecular Hbond substituents is 1. The van der Waals surface area contributed by atoms with Crippen LogP contribution in [0.15, 0.2) is 40.9 Å². The Labute approximate surface area is 125 Å². The van der Waals surface area contributed by atoms with Gasteiger partial charge in [-0.25, -0.2) is 4.39 Å². The number of methoxy groups -OCH3 is 1. The first-order valence-corrected chi connectivity index (χ1v) is 6.89. The van der Waals surface area contributed by atoms with Crippen LogP contribution < -0.4 is 10.1 Å². The lowest BCUT2D eigenvalue weighted by molar-refractivity contribution is 0.410. The van der Waals surface area contributed by atoms with Crippen molar-refractivity contribution in [1.29, 1.82) is 0 Å². The molecule has 2 aromatic rings. The molecule has 2 aromatic carbocycles. The summed E-state index contributed by atoms with van der Waals surface area (Å²) in [6, 6.07) is 9.22. The molecule has 0 bridgehead atoms. The third kappa shape index (κ3) is 3.22. The fourth-order valence-corrected chi connectivity index (χ4v) is 2.29. The molecule has 0 aliphatic heterocycles. The highest BCUT2D eigenvalue weighted by Crippen LogP contribution is 2.32. The number of benzene rings is 2. The van der Waals surface area contributed by atoms with E-state index in [1.54, 1.807) is 31.4 Å². The van der Waals surface area contributed by atoms with Crippen molar-refractivity contribution in [1.82, 2.24) is 0 Å². The summed E-state index contributed by atoms with van der Waals surface area (Å²) in [6.45, 7) is 1.88. The summed E-state index contributed by atoms with van der Waals surface area (Å²) in [5, 5.41) is 13.1. The topological polar surface area (TPSA) is 41.5 Å². The standard InChI is InChI=1S/C15H15BrFNO2/c1-9(12-8-11(20-2)4-6-15(12)19)18-14-7-10(17)3-5-13(14)16/h3-9,18-19H,1-2H3. The lowest BCUT2D eigenvalue weighted by atomic mass is 10.1. The average Bonchev–Trinajstić information content (AvgIpc) is 2.43. The van der Waals surface area contributed by atoms with Crippen LogP contribution in [0.2, 0.25) is 0 Å². The van der Waals surface area contributed by atoms with Gasteiger partial charge in [-0.3, -0.25) is 0 Å². The second kappa shape index (κ2) is 6.13. The Morgan fingerprint density at radius 2 is 2.00 bits per heavy atom. The number of rotatable bonds is 4. The van der Waals surface area contributed by atoms with Gasteiger partial charge in [0, 0.05) is 10.0 Å². The number of aromatic hydroxyl groups is 1. The minimum Gasteiger partial charge on any atom is -0.508 e. The minimum absolute atomic E-state index is 0.165. The van der Waals surface area contributed by atoms with E-state index in [2.05, 4.69) is 21.2 Å².